The normalized spacial score (nSPS) is 11.3. The molecule has 7 nitrogen and oxygen atoms in total. The van der Waals surface area contributed by atoms with Crippen molar-refractivity contribution >= 4 is 39.5 Å². The van der Waals surface area contributed by atoms with Gasteiger partial charge in [-0.05, 0) is 36.8 Å². The zero-order valence-electron chi connectivity index (χ0n) is 14.8. The van der Waals surface area contributed by atoms with Gasteiger partial charge in [-0.2, -0.15) is 0 Å². The fourth-order valence-electron chi connectivity index (χ4n) is 2.41. The van der Waals surface area contributed by atoms with Gasteiger partial charge >= 0.3 is 6.03 Å². The van der Waals surface area contributed by atoms with Crippen LogP contribution in [0.4, 0.5) is 10.5 Å². The number of benzene rings is 2. The first kappa shape index (κ1) is 20.4. The number of anilines is 1. The van der Waals surface area contributed by atoms with Crippen LogP contribution in [0.15, 0.2) is 53.0 Å². The van der Waals surface area contributed by atoms with Gasteiger partial charge in [0.2, 0.25) is 5.91 Å². The zero-order valence-corrected chi connectivity index (χ0v) is 16.4. The first-order valence-corrected chi connectivity index (χ1v) is 9.14. The molecular formula is C19H21BrN4O3. The van der Waals surface area contributed by atoms with Crippen LogP contribution in [0, 0.1) is 0 Å². The van der Waals surface area contributed by atoms with E-state index in [9.17, 15) is 14.4 Å². The molecular weight excluding hydrogens is 412 g/mol. The molecule has 0 heterocycles. The summed E-state index contributed by atoms with van der Waals surface area (Å²) in [6.07, 6.45) is 0.0685. The highest BCUT2D eigenvalue weighted by Crippen LogP contribution is 2.22. The highest BCUT2D eigenvalue weighted by Gasteiger charge is 2.13. The summed E-state index contributed by atoms with van der Waals surface area (Å²) in [5.74, 6) is -0.830. The van der Waals surface area contributed by atoms with E-state index in [2.05, 4.69) is 31.9 Å². The highest BCUT2D eigenvalue weighted by atomic mass is 79.9. The summed E-state index contributed by atoms with van der Waals surface area (Å²) in [4.78, 5) is 35.0. The number of carbonyl (C=O) groups excluding carboxylic acids is 3. The summed E-state index contributed by atoms with van der Waals surface area (Å²) in [5, 5.41) is 8.16. The van der Waals surface area contributed by atoms with E-state index >= 15 is 0 Å². The topological polar surface area (TPSA) is 113 Å². The Morgan fingerprint density at radius 3 is 2.56 bits per heavy atom. The first-order chi connectivity index (χ1) is 12.9. The predicted molar refractivity (Wildman–Crippen MR) is 107 cm³/mol. The molecule has 8 heteroatoms. The second-order valence-corrected chi connectivity index (χ2v) is 6.75. The molecule has 1 atom stereocenters. The highest BCUT2D eigenvalue weighted by molar-refractivity contribution is 9.10. The van der Waals surface area contributed by atoms with Crippen molar-refractivity contribution in [2.45, 2.75) is 19.4 Å². The Morgan fingerprint density at radius 2 is 1.85 bits per heavy atom. The fourth-order valence-corrected chi connectivity index (χ4v) is 3.04. The second-order valence-electron chi connectivity index (χ2n) is 5.89. The van der Waals surface area contributed by atoms with Gasteiger partial charge in [-0.3, -0.25) is 9.59 Å². The Bertz CT molecular complexity index is 841. The van der Waals surface area contributed by atoms with Crippen LogP contribution in [0.2, 0.25) is 0 Å². The largest absolute Gasteiger partial charge is 0.370 e. The molecule has 0 spiro atoms. The molecule has 0 aliphatic carbocycles. The van der Waals surface area contributed by atoms with Crippen LogP contribution in [0.3, 0.4) is 0 Å². The minimum Gasteiger partial charge on any atom is -0.370 e. The van der Waals surface area contributed by atoms with E-state index < -0.39 is 5.91 Å². The van der Waals surface area contributed by atoms with Crippen LogP contribution < -0.4 is 21.7 Å². The molecule has 0 radical (unpaired) electrons. The van der Waals surface area contributed by atoms with Crippen LogP contribution in [-0.2, 0) is 4.79 Å². The van der Waals surface area contributed by atoms with E-state index in [4.69, 9.17) is 5.73 Å². The van der Waals surface area contributed by atoms with Crippen molar-refractivity contribution < 1.29 is 14.4 Å². The lowest BCUT2D eigenvalue weighted by molar-refractivity contribution is -0.117. The van der Waals surface area contributed by atoms with E-state index in [1.807, 2.05) is 31.2 Å². The lowest BCUT2D eigenvalue weighted by Gasteiger charge is -2.16. The molecule has 0 bridgehead atoms. The molecule has 0 aliphatic heterocycles. The lowest BCUT2D eigenvalue weighted by atomic mass is 10.1. The minimum absolute atomic E-state index is 0.0685. The summed E-state index contributed by atoms with van der Waals surface area (Å²) in [6, 6.07) is 13.6. The molecule has 0 saturated carbocycles. The van der Waals surface area contributed by atoms with Gasteiger partial charge in [-0.25, -0.2) is 4.79 Å². The third kappa shape index (κ3) is 6.41. The third-order valence-corrected chi connectivity index (χ3v) is 4.48. The number of rotatable bonds is 7. The number of urea groups is 1. The number of carbonyl (C=O) groups is 3. The molecule has 2 aromatic rings. The van der Waals surface area contributed by atoms with Gasteiger partial charge in [0.1, 0.15) is 0 Å². The fraction of sp³-hybridized carbons (Fsp3) is 0.211. The Morgan fingerprint density at radius 1 is 1.11 bits per heavy atom. The molecule has 0 saturated heterocycles. The second kappa shape index (κ2) is 9.72. The molecule has 2 aromatic carbocycles. The number of amides is 4. The average molecular weight is 433 g/mol. The predicted octanol–water partition coefficient (Wildman–Crippen LogP) is 2.94. The van der Waals surface area contributed by atoms with Gasteiger partial charge in [-0.1, -0.05) is 40.2 Å². The summed E-state index contributed by atoms with van der Waals surface area (Å²) in [6.45, 7) is 2.04. The number of hydrogen-bond donors (Lipinski definition) is 4. The van der Waals surface area contributed by atoms with Gasteiger partial charge in [0, 0.05) is 28.7 Å². The monoisotopic (exact) mass is 432 g/mol. The third-order valence-electron chi connectivity index (χ3n) is 3.76. The van der Waals surface area contributed by atoms with Gasteiger partial charge in [-0.15, -0.1) is 0 Å². The van der Waals surface area contributed by atoms with Crippen molar-refractivity contribution in [3.63, 3.8) is 0 Å². The zero-order chi connectivity index (χ0) is 19.8. The number of hydrogen-bond acceptors (Lipinski definition) is 3. The van der Waals surface area contributed by atoms with Crippen LogP contribution in [0.25, 0.3) is 0 Å². The van der Waals surface area contributed by atoms with Crippen LogP contribution in [0.5, 0.6) is 0 Å². The summed E-state index contributed by atoms with van der Waals surface area (Å²) < 4.78 is 0.910. The SMILES string of the molecule is CC(NC(=O)Nc1cccc(C(=O)NCCC(N)=O)c1)c1ccccc1Br. The molecule has 27 heavy (non-hydrogen) atoms. The van der Waals surface area contributed by atoms with E-state index in [1.54, 1.807) is 24.3 Å². The lowest BCUT2D eigenvalue weighted by Crippen LogP contribution is -2.31. The van der Waals surface area contributed by atoms with E-state index in [0.717, 1.165) is 10.0 Å². The van der Waals surface area contributed by atoms with E-state index in [0.29, 0.717) is 11.3 Å². The van der Waals surface area contributed by atoms with Crippen LogP contribution in [0.1, 0.15) is 35.3 Å². The van der Waals surface area contributed by atoms with E-state index in [1.165, 1.54) is 0 Å². The maximum Gasteiger partial charge on any atom is 0.319 e. The van der Waals surface area contributed by atoms with E-state index in [-0.39, 0.29) is 30.9 Å². The van der Waals surface area contributed by atoms with Gasteiger partial charge in [0.05, 0.1) is 6.04 Å². The van der Waals surface area contributed by atoms with Crippen molar-refractivity contribution in [1.29, 1.82) is 0 Å². The molecule has 2 rings (SSSR count). The first-order valence-electron chi connectivity index (χ1n) is 8.35. The van der Waals surface area contributed by atoms with Crippen LogP contribution >= 0.6 is 15.9 Å². The van der Waals surface area contributed by atoms with Crippen molar-refractivity contribution in [2.24, 2.45) is 5.73 Å². The minimum atomic E-state index is -0.485. The quantitative estimate of drug-likeness (QED) is 0.539. The summed E-state index contributed by atoms with van der Waals surface area (Å²) in [5.41, 5.74) is 6.85. The van der Waals surface area contributed by atoms with Crippen molar-refractivity contribution in [3.8, 4) is 0 Å². The molecule has 1 unspecified atom stereocenters. The van der Waals surface area contributed by atoms with Gasteiger partial charge < -0.3 is 21.7 Å². The van der Waals surface area contributed by atoms with Crippen molar-refractivity contribution in [3.05, 3.63) is 64.1 Å². The smallest absolute Gasteiger partial charge is 0.319 e. The summed E-state index contributed by atoms with van der Waals surface area (Å²) >= 11 is 3.46. The molecule has 142 valence electrons. The Hall–Kier alpha value is -2.87. The van der Waals surface area contributed by atoms with Crippen LogP contribution in [-0.4, -0.2) is 24.4 Å². The number of halogens is 1. The number of primary amides is 1. The number of nitrogens with one attached hydrogen (secondary N) is 3. The van der Waals surface area contributed by atoms with Crippen molar-refractivity contribution in [2.75, 3.05) is 11.9 Å². The maximum absolute atomic E-state index is 12.2. The molecule has 0 aliphatic rings. The van der Waals surface area contributed by atoms with Crippen molar-refractivity contribution in [1.82, 2.24) is 10.6 Å². The Kier molecular flexibility index (Phi) is 7.36. The molecule has 4 amide bonds. The van der Waals surface area contributed by atoms with Gasteiger partial charge in [0.25, 0.3) is 5.91 Å². The summed E-state index contributed by atoms with van der Waals surface area (Å²) in [7, 11) is 0. The molecule has 5 N–H and O–H groups in total. The van der Waals surface area contributed by atoms with Gasteiger partial charge in [0.15, 0.2) is 0 Å². The standard InChI is InChI=1S/C19H21BrN4O3/c1-12(15-7-2-3-8-16(15)20)23-19(27)24-14-6-4-5-13(11-14)18(26)22-10-9-17(21)25/h2-8,11-12H,9-10H2,1H3,(H2,21,25)(H,22,26)(H2,23,24,27). The molecule has 0 fully saturated rings. The maximum atomic E-state index is 12.2. The average Bonchev–Trinajstić information content (AvgIpc) is 2.61. The number of nitrogens with two attached hydrogens (primary N) is 1. The Balaban J connectivity index is 1.95. The molecule has 0 aromatic heterocycles. The Labute approximate surface area is 165 Å².